The molecular weight excluding hydrogens is 492 g/mol. The fourth-order valence-electron chi connectivity index (χ4n) is 3.94. The van der Waals surface area contributed by atoms with Crippen molar-refractivity contribution in [3.8, 4) is 11.5 Å². The highest BCUT2D eigenvalue weighted by atomic mass is 16.7. The zero-order valence-electron chi connectivity index (χ0n) is 22.9. The van der Waals surface area contributed by atoms with Crippen LogP contribution >= 0.6 is 0 Å². The van der Waals surface area contributed by atoms with E-state index in [0.29, 0.717) is 17.9 Å². The number of rotatable bonds is 6. The summed E-state index contributed by atoms with van der Waals surface area (Å²) < 4.78 is 27.9. The van der Waals surface area contributed by atoms with Crippen LogP contribution in [0.1, 0.15) is 54.0 Å². The fourth-order valence-corrected chi connectivity index (χ4v) is 3.94. The van der Waals surface area contributed by atoms with Gasteiger partial charge in [0.25, 0.3) is 0 Å². The number of carbonyl (C=O) groups excluding carboxylic acids is 3. The molecule has 1 fully saturated rings. The highest BCUT2D eigenvalue weighted by Crippen LogP contribution is 2.30. The quantitative estimate of drug-likeness (QED) is 0.364. The third kappa shape index (κ3) is 8.64. The molecule has 0 saturated carbocycles. The molecule has 1 aromatic carbocycles. The first kappa shape index (κ1) is 28.7. The molecule has 0 bridgehead atoms. The second-order valence-corrected chi connectivity index (χ2v) is 11.0. The van der Waals surface area contributed by atoms with E-state index >= 15 is 0 Å². The average Bonchev–Trinajstić information content (AvgIpc) is 3.09. The Morgan fingerprint density at radius 1 is 0.921 bits per heavy atom. The minimum absolute atomic E-state index is 0.0288. The summed E-state index contributed by atoms with van der Waals surface area (Å²) in [6, 6.07) is 10.2. The van der Waals surface area contributed by atoms with Crippen molar-refractivity contribution in [3.05, 3.63) is 54.4 Å². The van der Waals surface area contributed by atoms with Gasteiger partial charge in [0, 0.05) is 13.1 Å². The lowest BCUT2D eigenvalue weighted by Crippen LogP contribution is -2.45. The molecule has 1 amide bonds. The van der Waals surface area contributed by atoms with Gasteiger partial charge >= 0.3 is 18.2 Å². The summed E-state index contributed by atoms with van der Waals surface area (Å²) in [5.74, 6) is 0.646. The predicted octanol–water partition coefficient (Wildman–Crippen LogP) is 5.29. The molecule has 1 aliphatic rings. The molecule has 3 atom stereocenters. The van der Waals surface area contributed by atoms with Gasteiger partial charge in [-0.3, -0.25) is 14.7 Å². The van der Waals surface area contributed by atoms with Crippen LogP contribution in [0.5, 0.6) is 11.5 Å². The van der Waals surface area contributed by atoms with E-state index in [-0.39, 0.29) is 6.54 Å². The molecule has 0 radical (unpaired) electrons. The molecule has 0 spiro atoms. The highest BCUT2D eigenvalue weighted by molar-refractivity contribution is 5.71. The number of nitrogens with zero attached hydrogens (tertiary/aromatic N) is 2. The Balaban J connectivity index is 1.85. The maximum absolute atomic E-state index is 13.2. The number of pyridine rings is 1. The number of hydrogen-bond acceptors (Lipinski definition) is 9. The van der Waals surface area contributed by atoms with Crippen molar-refractivity contribution in [1.29, 1.82) is 0 Å². The number of esters is 1. The third-order valence-corrected chi connectivity index (χ3v) is 5.33. The number of ether oxygens (including phenoxy) is 5. The Bertz CT molecular complexity index is 1110. The van der Waals surface area contributed by atoms with Gasteiger partial charge in [-0.15, -0.1) is 0 Å². The normalized spacial score (nSPS) is 19.4. The van der Waals surface area contributed by atoms with Gasteiger partial charge < -0.3 is 23.7 Å². The summed E-state index contributed by atoms with van der Waals surface area (Å²) in [6.07, 6.45) is 0.178. The van der Waals surface area contributed by atoms with Gasteiger partial charge in [0.05, 0.1) is 18.8 Å². The summed E-state index contributed by atoms with van der Waals surface area (Å²) in [5.41, 5.74) is -0.693. The van der Waals surface area contributed by atoms with Crippen LogP contribution in [0.3, 0.4) is 0 Å². The van der Waals surface area contributed by atoms with Gasteiger partial charge in [-0.1, -0.05) is 12.1 Å². The second-order valence-electron chi connectivity index (χ2n) is 11.0. The van der Waals surface area contributed by atoms with Gasteiger partial charge in [-0.25, -0.2) is 9.59 Å². The predicted molar refractivity (Wildman–Crippen MR) is 138 cm³/mol. The molecule has 206 valence electrons. The van der Waals surface area contributed by atoms with Gasteiger partial charge in [-0.05, 0) is 77.8 Å². The number of benzene rings is 1. The van der Waals surface area contributed by atoms with Crippen molar-refractivity contribution in [2.24, 2.45) is 0 Å². The van der Waals surface area contributed by atoms with Crippen molar-refractivity contribution in [2.45, 2.75) is 84.3 Å². The smallest absolute Gasteiger partial charge is 0.456 e. The van der Waals surface area contributed by atoms with E-state index in [1.807, 2.05) is 12.1 Å². The minimum Gasteiger partial charge on any atom is -0.456 e. The minimum atomic E-state index is -0.945. The fraction of sp³-hybridized carbons (Fsp3) is 0.500. The summed E-state index contributed by atoms with van der Waals surface area (Å²) in [4.78, 5) is 43.1. The SMILES string of the molecule is CC(=O)O[C@@H]1[C@@H](OC(=O)OC(C)(C)C)CN(C(=O)OC(C)(C)C)[C@@H]1Cc1ccc(Oc2cccnc2)cc1. The van der Waals surface area contributed by atoms with Crippen LogP contribution < -0.4 is 4.74 Å². The van der Waals surface area contributed by atoms with E-state index in [4.69, 9.17) is 23.7 Å². The van der Waals surface area contributed by atoms with Gasteiger partial charge in [-0.2, -0.15) is 0 Å². The van der Waals surface area contributed by atoms with E-state index in [1.54, 1.807) is 78.2 Å². The van der Waals surface area contributed by atoms with E-state index in [1.165, 1.54) is 11.8 Å². The molecule has 1 aromatic heterocycles. The lowest BCUT2D eigenvalue weighted by molar-refractivity contribution is -0.153. The Morgan fingerprint density at radius 3 is 2.13 bits per heavy atom. The molecule has 3 rings (SSSR count). The Labute approximate surface area is 223 Å². The maximum atomic E-state index is 13.2. The molecule has 0 aliphatic carbocycles. The maximum Gasteiger partial charge on any atom is 0.509 e. The van der Waals surface area contributed by atoms with E-state index < -0.39 is 47.7 Å². The number of likely N-dealkylation sites (tertiary alicyclic amines) is 1. The zero-order valence-corrected chi connectivity index (χ0v) is 22.9. The molecule has 0 N–H and O–H groups in total. The van der Waals surface area contributed by atoms with Crippen molar-refractivity contribution < 1.29 is 38.1 Å². The Hall–Kier alpha value is -3.82. The number of amides is 1. The van der Waals surface area contributed by atoms with Crippen LogP contribution in [0.25, 0.3) is 0 Å². The lowest BCUT2D eigenvalue weighted by Gasteiger charge is -2.30. The lowest BCUT2D eigenvalue weighted by atomic mass is 10.0. The van der Waals surface area contributed by atoms with E-state index in [0.717, 1.165) is 5.56 Å². The van der Waals surface area contributed by atoms with Crippen molar-refractivity contribution in [1.82, 2.24) is 9.88 Å². The first-order valence-electron chi connectivity index (χ1n) is 12.4. The van der Waals surface area contributed by atoms with Crippen molar-refractivity contribution in [3.63, 3.8) is 0 Å². The Morgan fingerprint density at radius 2 is 1.58 bits per heavy atom. The van der Waals surface area contributed by atoms with E-state index in [2.05, 4.69) is 4.98 Å². The molecule has 10 nitrogen and oxygen atoms in total. The topological polar surface area (TPSA) is 113 Å². The number of aromatic nitrogens is 1. The van der Waals surface area contributed by atoms with Gasteiger partial charge in [0.15, 0.2) is 12.2 Å². The van der Waals surface area contributed by atoms with Gasteiger partial charge in [0.1, 0.15) is 22.7 Å². The molecule has 1 saturated heterocycles. The standard InChI is InChI=1S/C28H36N2O8/c1-18(31)34-24-22(15-19-10-12-20(13-11-19)35-21-9-8-14-29-16-21)30(25(32)37-27(2,3)4)17-23(24)36-26(33)38-28(5,6)7/h8-14,16,22-24H,15,17H2,1-7H3/t22-,23+,24+/m1/s1. The summed E-state index contributed by atoms with van der Waals surface area (Å²) in [6.45, 7) is 11.7. The van der Waals surface area contributed by atoms with Crippen LogP contribution in [0.4, 0.5) is 9.59 Å². The highest BCUT2D eigenvalue weighted by Gasteiger charge is 2.49. The van der Waals surface area contributed by atoms with Gasteiger partial charge in [0.2, 0.25) is 0 Å². The first-order chi connectivity index (χ1) is 17.7. The molecule has 1 aliphatic heterocycles. The second kappa shape index (κ2) is 11.7. The van der Waals surface area contributed by atoms with Crippen molar-refractivity contribution in [2.75, 3.05) is 6.54 Å². The largest absolute Gasteiger partial charge is 0.509 e. The van der Waals surface area contributed by atoms with Crippen LogP contribution in [-0.2, 0) is 30.2 Å². The zero-order chi connectivity index (χ0) is 28.1. The summed E-state index contributed by atoms with van der Waals surface area (Å²) in [7, 11) is 0. The van der Waals surface area contributed by atoms with Crippen molar-refractivity contribution >= 4 is 18.2 Å². The average molecular weight is 529 g/mol. The number of hydrogen-bond donors (Lipinski definition) is 0. The monoisotopic (exact) mass is 528 g/mol. The molecule has 2 heterocycles. The third-order valence-electron chi connectivity index (χ3n) is 5.33. The molecular formula is C28H36N2O8. The summed E-state index contributed by atoms with van der Waals surface area (Å²) in [5, 5.41) is 0. The first-order valence-corrected chi connectivity index (χ1v) is 12.4. The van der Waals surface area contributed by atoms with Crippen LogP contribution in [-0.4, -0.2) is 64.1 Å². The van der Waals surface area contributed by atoms with E-state index in [9.17, 15) is 14.4 Å². The van der Waals surface area contributed by atoms with Crippen LogP contribution in [0.15, 0.2) is 48.8 Å². The molecule has 0 unspecified atom stereocenters. The molecule has 2 aromatic rings. The van der Waals surface area contributed by atoms with Crippen LogP contribution in [0, 0.1) is 0 Å². The number of carbonyl (C=O) groups is 3. The molecule has 38 heavy (non-hydrogen) atoms. The Kier molecular flexibility index (Phi) is 8.85. The molecule has 10 heteroatoms. The summed E-state index contributed by atoms with van der Waals surface area (Å²) >= 11 is 0. The van der Waals surface area contributed by atoms with Crippen LogP contribution in [0.2, 0.25) is 0 Å².